The van der Waals surface area contributed by atoms with E-state index in [4.69, 9.17) is 4.74 Å². The molecule has 2 amide bonds. The van der Waals surface area contributed by atoms with Crippen LogP contribution in [0.2, 0.25) is 0 Å². The number of amides is 2. The number of nitriles is 1. The minimum atomic E-state index is -1.40. The molecule has 3 rings (SSSR count). The lowest BCUT2D eigenvalue weighted by molar-refractivity contribution is -0.152. The Bertz CT molecular complexity index is 953. The zero-order valence-corrected chi connectivity index (χ0v) is 18.7. The molecule has 1 aliphatic carbocycles. The second-order valence-corrected chi connectivity index (χ2v) is 8.75. The number of rotatable bonds is 7. The van der Waals surface area contributed by atoms with Crippen LogP contribution in [0.5, 0.6) is 0 Å². The molecule has 0 aromatic heterocycles. The average molecular weight is 460 g/mol. The lowest BCUT2D eigenvalue weighted by Crippen LogP contribution is -2.45. The zero-order valence-electron chi connectivity index (χ0n) is 17.9. The molecule has 1 aromatic carbocycles. The molecule has 1 aliphatic heterocycles. The summed E-state index contributed by atoms with van der Waals surface area (Å²) in [5.74, 6) is -4.90. The van der Waals surface area contributed by atoms with Gasteiger partial charge in [-0.2, -0.15) is 5.26 Å². The number of thioether (sulfide) groups is 1. The summed E-state index contributed by atoms with van der Waals surface area (Å²) in [4.78, 5) is 37.8. The van der Waals surface area contributed by atoms with Gasteiger partial charge >= 0.3 is 5.97 Å². The third-order valence-corrected chi connectivity index (χ3v) is 6.64. The van der Waals surface area contributed by atoms with Crippen LogP contribution in [0.15, 0.2) is 34.9 Å². The predicted octanol–water partition coefficient (Wildman–Crippen LogP) is 3.14. The first-order valence-corrected chi connectivity index (χ1v) is 11.7. The highest BCUT2D eigenvalue weighted by atomic mass is 32.2. The zero-order chi connectivity index (χ0) is 23.1. The summed E-state index contributed by atoms with van der Waals surface area (Å²) in [6.07, 6.45) is 5.21. The first kappa shape index (κ1) is 23.8. The van der Waals surface area contributed by atoms with Gasteiger partial charge in [0.2, 0.25) is 11.8 Å². The van der Waals surface area contributed by atoms with Gasteiger partial charge in [0.1, 0.15) is 11.7 Å². The van der Waals surface area contributed by atoms with E-state index in [0.717, 1.165) is 37.4 Å². The molecular formula is C23H26FN3O4S. The minimum absolute atomic E-state index is 0.00857. The highest BCUT2D eigenvalue weighted by Crippen LogP contribution is 2.41. The van der Waals surface area contributed by atoms with Crippen LogP contribution < -0.4 is 10.6 Å². The number of carbonyl (C=O) groups excluding carboxylic acids is 3. The molecule has 7 nitrogen and oxygen atoms in total. The van der Waals surface area contributed by atoms with Gasteiger partial charge in [-0.3, -0.25) is 14.4 Å². The van der Waals surface area contributed by atoms with E-state index in [1.54, 1.807) is 13.0 Å². The van der Waals surface area contributed by atoms with Gasteiger partial charge in [0.05, 0.1) is 29.0 Å². The number of allylic oxidation sites excluding steroid dienone is 1. The van der Waals surface area contributed by atoms with Crippen LogP contribution in [0.4, 0.5) is 4.39 Å². The van der Waals surface area contributed by atoms with Crippen molar-refractivity contribution in [2.75, 3.05) is 12.4 Å². The molecule has 2 N–H and O–H groups in total. The smallest absolute Gasteiger partial charge is 0.319 e. The highest BCUT2D eigenvalue weighted by molar-refractivity contribution is 8.03. The van der Waals surface area contributed by atoms with Gasteiger partial charge < -0.3 is 15.4 Å². The number of nitrogens with zero attached hydrogens (tertiary/aromatic N) is 1. The van der Waals surface area contributed by atoms with Crippen LogP contribution in [0.25, 0.3) is 0 Å². The van der Waals surface area contributed by atoms with Crippen LogP contribution in [0.1, 0.15) is 50.5 Å². The number of hydrogen-bond acceptors (Lipinski definition) is 6. The second kappa shape index (κ2) is 11.1. The minimum Gasteiger partial charge on any atom is -0.465 e. The van der Waals surface area contributed by atoms with Crippen molar-refractivity contribution in [2.24, 2.45) is 5.92 Å². The summed E-state index contributed by atoms with van der Waals surface area (Å²) >= 11 is 1.00. The summed E-state index contributed by atoms with van der Waals surface area (Å²) < 4.78 is 19.7. The van der Waals surface area contributed by atoms with Crippen molar-refractivity contribution < 1.29 is 23.5 Å². The van der Waals surface area contributed by atoms with E-state index in [1.807, 2.05) is 6.07 Å². The van der Waals surface area contributed by atoms with Crippen LogP contribution in [-0.2, 0) is 19.1 Å². The molecule has 2 unspecified atom stereocenters. The molecule has 32 heavy (non-hydrogen) atoms. The Hall–Kier alpha value is -2.86. The number of esters is 1. The average Bonchev–Trinajstić information content (AvgIpc) is 2.78. The lowest BCUT2D eigenvalue weighted by atomic mass is 9.78. The van der Waals surface area contributed by atoms with E-state index in [2.05, 4.69) is 10.6 Å². The highest BCUT2D eigenvalue weighted by Gasteiger charge is 2.45. The van der Waals surface area contributed by atoms with Gasteiger partial charge in [-0.05, 0) is 31.4 Å². The topological polar surface area (TPSA) is 108 Å². The monoisotopic (exact) mass is 459 g/mol. The van der Waals surface area contributed by atoms with E-state index in [-0.39, 0.29) is 40.5 Å². The Labute approximate surface area is 190 Å². The van der Waals surface area contributed by atoms with Crippen molar-refractivity contribution in [3.05, 3.63) is 46.2 Å². The molecule has 170 valence electrons. The summed E-state index contributed by atoms with van der Waals surface area (Å²) in [6.45, 7) is 1.64. The van der Waals surface area contributed by atoms with E-state index >= 15 is 0 Å². The molecule has 0 bridgehead atoms. The van der Waals surface area contributed by atoms with Gasteiger partial charge in [-0.25, -0.2) is 4.39 Å². The van der Waals surface area contributed by atoms with E-state index in [9.17, 15) is 24.0 Å². The van der Waals surface area contributed by atoms with Gasteiger partial charge in [0.25, 0.3) is 0 Å². The van der Waals surface area contributed by atoms with Crippen molar-refractivity contribution in [2.45, 2.75) is 51.0 Å². The fourth-order valence-corrected chi connectivity index (χ4v) is 5.00. The molecule has 2 atom stereocenters. The summed E-state index contributed by atoms with van der Waals surface area (Å²) in [5, 5.41) is 15.6. The van der Waals surface area contributed by atoms with Crippen molar-refractivity contribution in [3.63, 3.8) is 0 Å². The van der Waals surface area contributed by atoms with E-state index < -0.39 is 29.5 Å². The normalized spacial score (nSPS) is 21.5. The summed E-state index contributed by atoms with van der Waals surface area (Å²) in [7, 11) is 0. The summed E-state index contributed by atoms with van der Waals surface area (Å²) in [6, 6.07) is 7.88. The number of nitrogens with one attached hydrogen (secondary N) is 2. The standard InChI is InChI=1S/C23H26FN3O4S/c1-2-31-23(30)20-19(15-10-6-7-11-17(15)24)16(12-25)22(27-21(20)29)32-13-18(28)26-14-8-4-3-5-9-14/h6-7,10-11,14,19-20H,2-5,8-9,13H2,1H3,(H,26,28)(H,27,29). The number of carbonyl (C=O) groups is 3. The van der Waals surface area contributed by atoms with Gasteiger partial charge in [-0.15, -0.1) is 0 Å². The van der Waals surface area contributed by atoms with Crippen molar-refractivity contribution in [1.29, 1.82) is 5.26 Å². The first-order valence-electron chi connectivity index (χ1n) is 10.7. The van der Waals surface area contributed by atoms with Gasteiger partial charge in [-0.1, -0.05) is 49.2 Å². The molecule has 0 radical (unpaired) electrons. The molecule has 0 spiro atoms. The third-order valence-electron chi connectivity index (χ3n) is 5.63. The van der Waals surface area contributed by atoms with Crippen LogP contribution in [0, 0.1) is 23.1 Å². The van der Waals surface area contributed by atoms with E-state index in [0.29, 0.717) is 0 Å². The van der Waals surface area contributed by atoms with Crippen molar-refractivity contribution in [1.82, 2.24) is 10.6 Å². The quantitative estimate of drug-likeness (QED) is 0.479. The SMILES string of the molecule is CCOC(=O)C1C(=O)NC(SCC(=O)NC2CCCCC2)=C(C#N)C1c1ccccc1F. The van der Waals surface area contributed by atoms with Gasteiger partial charge in [0, 0.05) is 12.0 Å². The molecule has 1 heterocycles. The molecule has 0 saturated heterocycles. The maximum absolute atomic E-state index is 14.6. The number of benzene rings is 1. The lowest BCUT2D eigenvalue weighted by Gasteiger charge is -2.31. The van der Waals surface area contributed by atoms with Crippen molar-refractivity contribution in [3.8, 4) is 6.07 Å². The Morgan fingerprint density at radius 2 is 2.00 bits per heavy atom. The Kier molecular flexibility index (Phi) is 8.28. The van der Waals surface area contributed by atoms with Crippen molar-refractivity contribution >= 4 is 29.5 Å². The molecule has 2 aliphatic rings. The maximum atomic E-state index is 14.6. The third kappa shape index (κ3) is 5.49. The van der Waals surface area contributed by atoms with Gasteiger partial charge in [0.15, 0.2) is 0 Å². The fourth-order valence-electron chi connectivity index (χ4n) is 4.14. The first-order chi connectivity index (χ1) is 15.5. The summed E-state index contributed by atoms with van der Waals surface area (Å²) in [5.41, 5.74) is 0.0879. The molecular weight excluding hydrogens is 433 g/mol. The second-order valence-electron chi connectivity index (χ2n) is 7.76. The number of hydrogen-bond donors (Lipinski definition) is 2. The number of ether oxygens (including phenoxy) is 1. The molecule has 1 aromatic rings. The van der Waals surface area contributed by atoms with Crippen LogP contribution in [-0.4, -0.2) is 36.2 Å². The largest absolute Gasteiger partial charge is 0.465 e. The predicted molar refractivity (Wildman–Crippen MR) is 118 cm³/mol. The molecule has 9 heteroatoms. The maximum Gasteiger partial charge on any atom is 0.319 e. The fraction of sp³-hybridized carbons (Fsp3) is 0.478. The number of halogens is 1. The Balaban J connectivity index is 1.87. The van der Waals surface area contributed by atoms with Crippen LogP contribution >= 0.6 is 11.8 Å². The Morgan fingerprint density at radius 3 is 2.66 bits per heavy atom. The molecule has 1 saturated carbocycles. The van der Waals surface area contributed by atoms with Crippen LogP contribution in [0.3, 0.4) is 0 Å². The molecule has 1 fully saturated rings. The Morgan fingerprint density at radius 1 is 1.28 bits per heavy atom. The van der Waals surface area contributed by atoms with E-state index in [1.165, 1.54) is 24.6 Å².